The van der Waals surface area contributed by atoms with E-state index in [1.54, 1.807) is 19.1 Å². The topological polar surface area (TPSA) is 96.4 Å². The number of hydrogen-bond acceptors (Lipinski definition) is 6. The van der Waals surface area contributed by atoms with Gasteiger partial charge in [-0.05, 0) is 42.9 Å². The molecule has 1 aliphatic heterocycles. The highest BCUT2D eigenvalue weighted by Crippen LogP contribution is 2.30. The second-order valence-corrected chi connectivity index (χ2v) is 5.76. The molecule has 26 heavy (non-hydrogen) atoms. The predicted molar refractivity (Wildman–Crippen MR) is 96.9 cm³/mol. The number of benzene rings is 1. The fourth-order valence-corrected chi connectivity index (χ4v) is 2.45. The van der Waals surface area contributed by atoms with Crippen molar-refractivity contribution in [2.75, 3.05) is 27.3 Å². The van der Waals surface area contributed by atoms with Crippen LogP contribution in [0.5, 0.6) is 11.5 Å². The van der Waals surface area contributed by atoms with Crippen LogP contribution in [-0.4, -0.2) is 65.1 Å². The standard InChI is InChI=1S/C17H18N2O6S/c1-4-24-13-8-10(5-6-12(13)25-9-14(20)21)7-11-15(22)18(2)17(26)19(3)16(11)23/h5-8H,4,9H2,1-3H3,(H,20,21). The van der Waals surface area contributed by atoms with Crippen molar-refractivity contribution in [2.24, 2.45) is 0 Å². The first-order valence-corrected chi connectivity index (χ1v) is 8.10. The highest BCUT2D eigenvalue weighted by molar-refractivity contribution is 7.80. The molecule has 9 heteroatoms. The van der Waals surface area contributed by atoms with Crippen molar-refractivity contribution in [3.8, 4) is 11.5 Å². The van der Waals surface area contributed by atoms with E-state index in [-0.39, 0.29) is 16.4 Å². The van der Waals surface area contributed by atoms with Crippen molar-refractivity contribution in [2.45, 2.75) is 6.92 Å². The third kappa shape index (κ3) is 3.99. The molecule has 8 nitrogen and oxygen atoms in total. The number of amides is 2. The molecule has 0 atom stereocenters. The summed E-state index contributed by atoms with van der Waals surface area (Å²) in [6, 6.07) is 4.69. The molecule has 138 valence electrons. The van der Waals surface area contributed by atoms with Gasteiger partial charge in [-0.25, -0.2) is 4.79 Å². The van der Waals surface area contributed by atoms with Gasteiger partial charge in [0.1, 0.15) is 5.57 Å². The van der Waals surface area contributed by atoms with Gasteiger partial charge in [0.05, 0.1) is 6.61 Å². The lowest BCUT2D eigenvalue weighted by atomic mass is 10.1. The molecule has 1 aromatic carbocycles. The van der Waals surface area contributed by atoms with Gasteiger partial charge in [-0.2, -0.15) is 0 Å². The molecule has 2 rings (SSSR count). The molecule has 0 radical (unpaired) electrons. The maximum atomic E-state index is 12.4. The van der Waals surface area contributed by atoms with Crippen molar-refractivity contribution < 1.29 is 29.0 Å². The van der Waals surface area contributed by atoms with Gasteiger partial charge in [0.25, 0.3) is 11.8 Å². The molecule has 1 aromatic rings. The smallest absolute Gasteiger partial charge is 0.341 e. The third-order valence-electron chi connectivity index (χ3n) is 3.57. The number of carboxylic acids is 1. The number of thiocarbonyl (C=S) groups is 1. The minimum Gasteiger partial charge on any atom is -0.490 e. The van der Waals surface area contributed by atoms with Crippen LogP contribution in [0.2, 0.25) is 0 Å². The van der Waals surface area contributed by atoms with E-state index in [2.05, 4.69) is 0 Å². The Kier molecular flexibility index (Phi) is 5.93. The van der Waals surface area contributed by atoms with Crippen molar-refractivity contribution in [1.82, 2.24) is 9.80 Å². The van der Waals surface area contributed by atoms with Crippen LogP contribution in [0.4, 0.5) is 0 Å². The number of hydrogen-bond donors (Lipinski definition) is 1. The van der Waals surface area contributed by atoms with Crippen molar-refractivity contribution in [3.05, 3.63) is 29.3 Å². The van der Waals surface area contributed by atoms with E-state index >= 15 is 0 Å². The van der Waals surface area contributed by atoms with Gasteiger partial charge in [-0.3, -0.25) is 19.4 Å². The molecule has 0 spiro atoms. The summed E-state index contributed by atoms with van der Waals surface area (Å²) in [7, 11) is 2.99. The number of carbonyl (C=O) groups is 3. The molecule has 1 saturated heterocycles. The lowest BCUT2D eigenvalue weighted by molar-refractivity contribution is -0.139. The molecular weight excluding hydrogens is 360 g/mol. The summed E-state index contributed by atoms with van der Waals surface area (Å²) in [6.45, 7) is 1.59. The molecule has 0 aromatic heterocycles. The molecular formula is C17H18N2O6S. The number of ether oxygens (including phenoxy) is 2. The summed E-state index contributed by atoms with van der Waals surface area (Å²) in [6.07, 6.45) is 1.43. The van der Waals surface area contributed by atoms with Crippen LogP contribution in [0.25, 0.3) is 6.08 Å². The number of rotatable bonds is 6. The Hall–Kier alpha value is -2.94. The fraction of sp³-hybridized carbons (Fsp3) is 0.294. The second kappa shape index (κ2) is 7.96. The largest absolute Gasteiger partial charge is 0.490 e. The van der Waals surface area contributed by atoms with E-state index in [0.717, 1.165) is 0 Å². The zero-order valence-corrected chi connectivity index (χ0v) is 15.3. The minimum atomic E-state index is -1.11. The first-order chi connectivity index (χ1) is 12.3. The Morgan fingerprint density at radius 3 is 2.31 bits per heavy atom. The predicted octanol–water partition coefficient (Wildman–Crippen LogP) is 1.15. The monoisotopic (exact) mass is 378 g/mol. The molecule has 0 saturated carbocycles. The summed E-state index contributed by atoms with van der Waals surface area (Å²) in [5.74, 6) is -1.53. The molecule has 1 N–H and O–H groups in total. The normalized spacial score (nSPS) is 14.6. The summed E-state index contributed by atoms with van der Waals surface area (Å²) in [5.41, 5.74) is 0.493. The Morgan fingerprint density at radius 2 is 1.77 bits per heavy atom. The first kappa shape index (κ1) is 19.4. The highest BCUT2D eigenvalue weighted by Gasteiger charge is 2.35. The Labute approximate surface area is 155 Å². The summed E-state index contributed by atoms with van der Waals surface area (Å²) in [4.78, 5) is 37.8. The van der Waals surface area contributed by atoms with Gasteiger partial charge in [-0.1, -0.05) is 6.07 Å². The summed E-state index contributed by atoms with van der Waals surface area (Å²) >= 11 is 5.04. The Balaban J connectivity index is 2.38. The van der Waals surface area contributed by atoms with E-state index in [1.807, 2.05) is 0 Å². The second-order valence-electron chi connectivity index (χ2n) is 5.39. The van der Waals surface area contributed by atoms with Crippen LogP contribution in [0, 0.1) is 0 Å². The van der Waals surface area contributed by atoms with Crippen LogP contribution in [0.1, 0.15) is 12.5 Å². The molecule has 0 unspecified atom stereocenters. The zero-order chi connectivity index (χ0) is 19.4. The first-order valence-electron chi connectivity index (χ1n) is 7.69. The van der Waals surface area contributed by atoms with E-state index in [1.165, 1.54) is 36.0 Å². The molecule has 1 heterocycles. The number of carboxylic acid groups (broad SMARTS) is 1. The van der Waals surface area contributed by atoms with E-state index < -0.39 is 24.4 Å². The minimum absolute atomic E-state index is 0.0368. The van der Waals surface area contributed by atoms with Crippen LogP contribution < -0.4 is 9.47 Å². The van der Waals surface area contributed by atoms with Crippen LogP contribution in [0.3, 0.4) is 0 Å². The number of nitrogens with zero attached hydrogens (tertiary/aromatic N) is 2. The molecule has 0 aliphatic carbocycles. The average Bonchev–Trinajstić information content (AvgIpc) is 2.61. The lowest BCUT2D eigenvalue weighted by Gasteiger charge is -2.31. The van der Waals surface area contributed by atoms with Gasteiger partial charge < -0.3 is 14.6 Å². The van der Waals surface area contributed by atoms with Gasteiger partial charge >= 0.3 is 5.97 Å². The van der Waals surface area contributed by atoms with E-state index in [4.69, 9.17) is 26.8 Å². The number of likely N-dealkylation sites (N-methyl/N-ethyl adjacent to an activating group) is 2. The third-order valence-corrected chi connectivity index (χ3v) is 4.12. The number of aliphatic carboxylic acids is 1. The number of carbonyl (C=O) groups excluding carboxylic acids is 2. The van der Waals surface area contributed by atoms with Crippen molar-refractivity contribution >= 4 is 41.2 Å². The van der Waals surface area contributed by atoms with E-state index in [0.29, 0.717) is 17.9 Å². The average molecular weight is 378 g/mol. The molecule has 0 bridgehead atoms. The maximum absolute atomic E-state index is 12.4. The maximum Gasteiger partial charge on any atom is 0.341 e. The Morgan fingerprint density at radius 1 is 1.15 bits per heavy atom. The molecule has 1 aliphatic rings. The van der Waals surface area contributed by atoms with Crippen molar-refractivity contribution in [3.63, 3.8) is 0 Å². The zero-order valence-electron chi connectivity index (χ0n) is 14.5. The van der Waals surface area contributed by atoms with E-state index in [9.17, 15) is 14.4 Å². The van der Waals surface area contributed by atoms with Gasteiger partial charge in [0.2, 0.25) is 0 Å². The van der Waals surface area contributed by atoms with Gasteiger partial charge in [0, 0.05) is 14.1 Å². The summed E-state index contributed by atoms with van der Waals surface area (Å²) in [5, 5.41) is 8.86. The quantitative estimate of drug-likeness (QED) is 0.451. The van der Waals surface area contributed by atoms with Crippen LogP contribution in [-0.2, 0) is 14.4 Å². The van der Waals surface area contributed by atoms with Crippen LogP contribution >= 0.6 is 12.2 Å². The molecule has 1 fully saturated rings. The van der Waals surface area contributed by atoms with Gasteiger partial charge in [-0.15, -0.1) is 0 Å². The van der Waals surface area contributed by atoms with Crippen molar-refractivity contribution in [1.29, 1.82) is 0 Å². The van der Waals surface area contributed by atoms with Crippen LogP contribution in [0.15, 0.2) is 23.8 Å². The Bertz CT molecular complexity index is 778. The van der Waals surface area contributed by atoms with Gasteiger partial charge in [0.15, 0.2) is 23.2 Å². The molecule has 2 amide bonds. The summed E-state index contributed by atoms with van der Waals surface area (Å²) < 4.78 is 10.6. The fourth-order valence-electron chi connectivity index (χ4n) is 2.28. The lowest BCUT2D eigenvalue weighted by Crippen LogP contribution is -2.52. The SMILES string of the molecule is CCOc1cc(C=C2C(=O)N(C)C(=S)N(C)C2=O)ccc1OCC(=O)O. The highest BCUT2D eigenvalue weighted by atomic mass is 32.1.